The van der Waals surface area contributed by atoms with E-state index in [-0.39, 0.29) is 23.8 Å². The number of sulfonamides is 1. The van der Waals surface area contributed by atoms with Gasteiger partial charge in [-0.25, -0.2) is 17.7 Å². The van der Waals surface area contributed by atoms with Gasteiger partial charge >= 0.3 is 0 Å². The van der Waals surface area contributed by atoms with Crippen LogP contribution in [0.3, 0.4) is 0 Å². The summed E-state index contributed by atoms with van der Waals surface area (Å²) in [6, 6.07) is 16.7. The summed E-state index contributed by atoms with van der Waals surface area (Å²) in [7, 11) is -4.21. The van der Waals surface area contributed by atoms with Crippen LogP contribution in [0.15, 0.2) is 77.7 Å². The Bertz CT molecular complexity index is 1340. The zero-order valence-corrected chi connectivity index (χ0v) is 20.8. The van der Waals surface area contributed by atoms with Crippen LogP contribution in [-0.4, -0.2) is 30.6 Å². The zero-order valence-electron chi connectivity index (χ0n) is 19.2. The third-order valence-corrected chi connectivity index (χ3v) is 8.08. The number of anilines is 1. The minimum Gasteiger partial charge on any atom is -0.274 e. The smallest absolute Gasteiger partial charge is 0.252 e. The second kappa shape index (κ2) is 9.89. The van der Waals surface area contributed by atoms with Crippen LogP contribution < -0.4 is 4.90 Å². The fourth-order valence-electron chi connectivity index (χ4n) is 3.99. The number of benzene rings is 3. The monoisotopic (exact) mass is 514 g/mol. The molecule has 1 aliphatic rings. The van der Waals surface area contributed by atoms with Crippen LogP contribution in [-0.2, 0) is 26.2 Å². The maximum absolute atomic E-state index is 13.6. The lowest BCUT2D eigenvalue weighted by Crippen LogP contribution is -2.45. The first-order chi connectivity index (χ1) is 16.6. The van der Waals surface area contributed by atoms with Crippen molar-refractivity contribution in [3.05, 3.63) is 94.8 Å². The van der Waals surface area contributed by atoms with Gasteiger partial charge in [-0.1, -0.05) is 49.7 Å². The van der Waals surface area contributed by atoms with E-state index in [1.54, 1.807) is 12.1 Å². The molecule has 1 fully saturated rings. The highest BCUT2D eigenvalue weighted by atomic mass is 35.5. The first-order valence-corrected chi connectivity index (χ1v) is 12.9. The maximum atomic E-state index is 13.6. The average Bonchev–Trinajstić information content (AvgIpc) is 3.12. The molecule has 0 N–H and O–H groups in total. The number of halogens is 2. The van der Waals surface area contributed by atoms with Crippen LogP contribution in [0.4, 0.5) is 10.1 Å². The quantitative estimate of drug-likeness (QED) is 0.410. The number of nitrogens with zero attached hydrogens (tertiary/aromatic N) is 2. The summed E-state index contributed by atoms with van der Waals surface area (Å²) in [5.74, 6) is -1.32. The molecule has 182 valence electrons. The van der Waals surface area contributed by atoms with Crippen LogP contribution in [0.2, 0.25) is 5.02 Å². The van der Waals surface area contributed by atoms with Crippen molar-refractivity contribution in [2.24, 2.45) is 0 Å². The summed E-state index contributed by atoms with van der Waals surface area (Å²) < 4.78 is 41.7. The third-order valence-electron chi connectivity index (χ3n) is 5.96. The molecule has 3 aromatic carbocycles. The van der Waals surface area contributed by atoms with Crippen molar-refractivity contribution in [2.75, 3.05) is 4.90 Å². The molecule has 1 atom stereocenters. The maximum Gasteiger partial charge on any atom is 0.252 e. The molecule has 0 radical (unpaired) electrons. The average molecular weight is 515 g/mol. The topological polar surface area (TPSA) is 74.8 Å². The van der Waals surface area contributed by atoms with Gasteiger partial charge < -0.3 is 0 Å². The van der Waals surface area contributed by atoms with Crippen LogP contribution in [0.5, 0.6) is 0 Å². The van der Waals surface area contributed by atoms with Crippen molar-refractivity contribution < 1.29 is 22.4 Å². The van der Waals surface area contributed by atoms with Gasteiger partial charge in [-0.15, -0.1) is 0 Å². The fourth-order valence-corrected chi connectivity index (χ4v) is 5.69. The Morgan fingerprint density at radius 2 is 1.57 bits per heavy atom. The number of rotatable bonds is 7. The Labute approximate surface area is 209 Å². The highest BCUT2D eigenvalue weighted by molar-refractivity contribution is 7.89. The van der Waals surface area contributed by atoms with Gasteiger partial charge in [0.1, 0.15) is 11.9 Å². The fraction of sp³-hybridized carbons (Fsp3) is 0.231. The predicted octanol–water partition coefficient (Wildman–Crippen LogP) is 5.13. The van der Waals surface area contributed by atoms with Gasteiger partial charge in [0.05, 0.1) is 17.0 Å². The molecule has 1 saturated heterocycles. The van der Waals surface area contributed by atoms with Gasteiger partial charge in [0.2, 0.25) is 15.9 Å². The largest absolute Gasteiger partial charge is 0.274 e. The molecule has 1 heterocycles. The van der Waals surface area contributed by atoms with Crippen molar-refractivity contribution in [1.82, 2.24) is 4.31 Å². The lowest BCUT2D eigenvalue weighted by molar-refractivity contribution is -0.122. The normalized spacial score (nSPS) is 16.5. The van der Waals surface area contributed by atoms with Gasteiger partial charge in [0.25, 0.3) is 5.91 Å². The van der Waals surface area contributed by atoms with E-state index < -0.39 is 33.7 Å². The van der Waals surface area contributed by atoms with Crippen LogP contribution in [0.25, 0.3) is 0 Å². The van der Waals surface area contributed by atoms with E-state index in [1.807, 2.05) is 26.0 Å². The van der Waals surface area contributed by atoms with Crippen molar-refractivity contribution >= 4 is 39.1 Å². The van der Waals surface area contributed by atoms with Crippen molar-refractivity contribution in [3.8, 4) is 0 Å². The first-order valence-electron chi connectivity index (χ1n) is 11.1. The summed E-state index contributed by atoms with van der Waals surface area (Å²) in [6.45, 7) is 3.85. The van der Waals surface area contributed by atoms with E-state index in [9.17, 15) is 22.4 Å². The number of imide groups is 1. The Morgan fingerprint density at radius 3 is 2.14 bits per heavy atom. The lowest BCUT2D eigenvalue weighted by atomic mass is 10.0. The lowest BCUT2D eigenvalue weighted by Gasteiger charge is -2.27. The molecular weight excluding hydrogens is 491 g/mol. The van der Waals surface area contributed by atoms with E-state index in [4.69, 9.17) is 11.6 Å². The van der Waals surface area contributed by atoms with Gasteiger partial charge in [-0.3, -0.25) is 9.59 Å². The zero-order chi connectivity index (χ0) is 25.3. The highest BCUT2D eigenvalue weighted by Crippen LogP contribution is 2.31. The number of hydrogen-bond acceptors (Lipinski definition) is 4. The molecule has 0 saturated carbocycles. The summed E-state index contributed by atoms with van der Waals surface area (Å²) in [5.41, 5.74) is 1.91. The molecule has 4 rings (SSSR count). The van der Waals surface area contributed by atoms with E-state index in [0.717, 1.165) is 14.8 Å². The molecule has 3 aromatic rings. The first kappa shape index (κ1) is 25.0. The molecule has 1 aliphatic heterocycles. The van der Waals surface area contributed by atoms with E-state index in [1.165, 1.54) is 48.5 Å². The van der Waals surface area contributed by atoms with Crippen molar-refractivity contribution in [2.45, 2.75) is 43.7 Å². The standard InChI is InChI=1S/C26H24ClFN2O4S/c1-17(2)19-5-11-22(12-6-19)30-25(31)15-24(26(30)32)29(16-18-3-9-21(28)10-4-18)35(33,34)23-13-7-20(27)8-14-23/h3-14,17,24H,15-16H2,1-2H3. The molecule has 35 heavy (non-hydrogen) atoms. The predicted molar refractivity (Wildman–Crippen MR) is 132 cm³/mol. The molecular formula is C26H24ClFN2O4S. The minimum absolute atomic E-state index is 0.0657. The second-order valence-corrected chi connectivity index (χ2v) is 11.0. The summed E-state index contributed by atoms with van der Waals surface area (Å²) in [4.78, 5) is 27.4. The highest BCUT2D eigenvalue weighted by Gasteiger charge is 2.47. The Balaban J connectivity index is 1.72. The van der Waals surface area contributed by atoms with Gasteiger partial charge in [0, 0.05) is 11.6 Å². The summed E-state index contributed by atoms with van der Waals surface area (Å²) in [5, 5.41) is 0.358. The summed E-state index contributed by atoms with van der Waals surface area (Å²) >= 11 is 5.92. The molecule has 0 aromatic heterocycles. The van der Waals surface area contributed by atoms with Gasteiger partial charge in [0.15, 0.2) is 0 Å². The second-order valence-electron chi connectivity index (χ2n) is 8.66. The number of amides is 2. The van der Waals surface area contributed by atoms with Gasteiger partial charge in [-0.2, -0.15) is 4.31 Å². The molecule has 0 spiro atoms. The SMILES string of the molecule is CC(C)c1ccc(N2C(=O)CC(N(Cc3ccc(F)cc3)S(=O)(=O)c3ccc(Cl)cc3)C2=O)cc1. The Morgan fingerprint density at radius 1 is 0.971 bits per heavy atom. The molecule has 0 bridgehead atoms. The number of carbonyl (C=O) groups excluding carboxylic acids is 2. The summed E-state index contributed by atoms with van der Waals surface area (Å²) in [6.07, 6.45) is -0.307. The van der Waals surface area contributed by atoms with E-state index in [0.29, 0.717) is 16.3 Å². The number of carbonyl (C=O) groups is 2. The van der Waals surface area contributed by atoms with E-state index in [2.05, 4.69) is 0 Å². The van der Waals surface area contributed by atoms with Crippen LogP contribution in [0, 0.1) is 5.82 Å². The number of hydrogen-bond donors (Lipinski definition) is 0. The van der Waals surface area contributed by atoms with Crippen molar-refractivity contribution in [1.29, 1.82) is 0 Å². The molecule has 2 amide bonds. The Hall–Kier alpha value is -3.07. The van der Waals surface area contributed by atoms with Gasteiger partial charge in [-0.05, 0) is 65.6 Å². The molecule has 9 heteroatoms. The van der Waals surface area contributed by atoms with Crippen LogP contribution >= 0.6 is 11.6 Å². The van der Waals surface area contributed by atoms with Crippen LogP contribution in [0.1, 0.15) is 37.3 Å². The van der Waals surface area contributed by atoms with Crippen molar-refractivity contribution in [3.63, 3.8) is 0 Å². The third kappa shape index (κ3) is 5.15. The molecule has 0 aliphatic carbocycles. The molecule has 1 unspecified atom stereocenters. The Kier molecular flexibility index (Phi) is 7.07. The molecule has 6 nitrogen and oxygen atoms in total. The minimum atomic E-state index is -4.21. The van der Waals surface area contributed by atoms with E-state index >= 15 is 0 Å².